The maximum Gasteiger partial charge on any atom is 0.266 e. The molecule has 0 radical (unpaired) electrons. The van der Waals surface area contributed by atoms with Gasteiger partial charge in [0.25, 0.3) is 5.56 Å². The Morgan fingerprint density at radius 1 is 1.00 bits per heavy atom. The average Bonchev–Trinajstić information content (AvgIpc) is 3.43. The average molecular weight is 488 g/mol. The van der Waals surface area contributed by atoms with Crippen molar-refractivity contribution in [3.63, 3.8) is 0 Å². The van der Waals surface area contributed by atoms with E-state index in [1.54, 1.807) is 18.2 Å². The number of thiazole rings is 1. The highest BCUT2D eigenvalue weighted by Gasteiger charge is 2.13. The SMILES string of the molecule is Cc1ccc(-c2cn3c(CC(=O)NCCn4nc(-c5ccc(F)cc5)ccc4=O)csc3n2)cc1. The van der Waals surface area contributed by atoms with E-state index in [-0.39, 0.29) is 36.8 Å². The molecule has 9 heteroatoms. The number of hydrogen-bond acceptors (Lipinski definition) is 5. The van der Waals surface area contributed by atoms with Crippen LogP contribution in [0.4, 0.5) is 4.39 Å². The Morgan fingerprint density at radius 2 is 1.71 bits per heavy atom. The number of benzene rings is 2. The molecule has 0 aliphatic carbocycles. The molecule has 0 bridgehead atoms. The quantitative estimate of drug-likeness (QED) is 0.375. The summed E-state index contributed by atoms with van der Waals surface area (Å²) >= 11 is 1.49. The van der Waals surface area contributed by atoms with Crippen LogP contribution in [0.2, 0.25) is 0 Å². The Kier molecular flexibility index (Phi) is 6.24. The normalized spacial score (nSPS) is 11.1. The first-order valence-corrected chi connectivity index (χ1v) is 12.0. The predicted molar refractivity (Wildman–Crippen MR) is 134 cm³/mol. The van der Waals surface area contributed by atoms with Gasteiger partial charge < -0.3 is 5.32 Å². The van der Waals surface area contributed by atoms with E-state index in [2.05, 4.69) is 15.4 Å². The maximum atomic E-state index is 13.2. The Bertz CT molecular complexity index is 1550. The van der Waals surface area contributed by atoms with Gasteiger partial charge in [-0.2, -0.15) is 5.10 Å². The molecule has 1 amide bonds. The molecule has 0 aliphatic rings. The monoisotopic (exact) mass is 487 g/mol. The van der Waals surface area contributed by atoms with Gasteiger partial charge in [-0.3, -0.25) is 14.0 Å². The van der Waals surface area contributed by atoms with Crippen LogP contribution in [0.5, 0.6) is 0 Å². The second-order valence-corrected chi connectivity index (χ2v) is 9.02. The minimum absolute atomic E-state index is 0.155. The fraction of sp³-hybridized carbons (Fsp3) is 0.154. The van der Waals surface area contributed by atoms with Crippen molar-refractivity contribution >= 4 is 22.2 Å². The van der Waals surface area contributed by atoms with E-state index in [9.17, 15) is 14.0 Å². The molecule has 0 aliphatic heterocycles. The number of amides is 1. The fourth-order valence-electron chi connectivity index (χ4n) is 3.73. The van der Waals surface area contributed by atoms with E-state index in [1.807, 2.05) is 47.2 Å². The topological polar surface area (TPSA) is 81.3 Å². The molecule has 1 N–H and O–H groups in total. The van der Waals surface area contributed by atoms with Gasteiger partial charge in [-0.25, -0.2) is 14.1 Å². The third kappa shape index (κ3) is 5.04. The van der Waals surface area contributed by atoms with Crippen LogP contribution >= 0.6 is 11.3 Å². The maximum absolute atomic E-state index is 13.2. The van der Waals surface area contributed by atoms with E-state index in [0.29, 0.717) is 11.3 Å². The van der Waals surface area contributed by atoms with Gasteiger partial charge in [0, 0.05) is 41.0 Å². The molecule has 2 aromatic carbocycles. The highest BCUT2D eigenvalue weighted by Crippen LogP contribution is 2.24. The molecular formula is C26H22FN5O2S. The van der Waals surface area contributed by atoms with E-state index < -0.39 is 0 Å². The Labute approximate surface area is 204 Å². The summed E-state index contributed by atoms with van der Waals surface area (Å²) in [7, 11) is 0. The van der Waals surface area contributed by atoms with E-state index >= 15 is 0 Å². The number of imidazole rings is 1. The first kappa shape index (κ1) is 22.7. The molecule has 7 nitrogen and oxygen atoms in total. The standard InChI is InChI=1S/C26H22FN5O2S/c1-17-2-4-19(5-3-17)23-15-31-21(16-35-26(31)29-23)14-24(33)28-12-13-32-25(34)11-10-22(30-32)18-6-8-20(27)9-7-18/h2-11,15-16H,12-14H2,1H3,(H,28,33). The van der Waals surface area contributed by atoms with Crippen LogP contribution in [0.3, 0.4) is 0 Å². The fourth-order valence-corrected chi connectivity index (χ4v) is 4.60. The van der Waals surface area contributed by atoms with Gasteiger partial charge in [0.15, 0.2) is 4.96 Å². The number of nitrogens with one attached hydrogen (secondary N) is 1. The van der Waals surface area contributed by atoms with Crippen LogP contribution < -0.4 is 10.9 Å². The molecule has 35 heavy (non-hydrogen) atoms. The number of aromatic nitrogens is 4. The Balaban J connectivity index is 1.22. The number of hydrogen-bond donors (Lipinski definition) is 1. The smallest absolute Gasteiger partial charge is 0.266 e. The summed E-state index contributed by atoms with van der Waals surface area (Å²) in [6.45, 7) is 2.52. The van der Waals surface area contributed by atoms with Gasteiger partial charge in [-0.05, 0) is 37.3 Å². The zero-order valence-corrected chi connectivity index (χ0v) is 19.8. The van der Waals surface area contributed by atoms with Crippen molar-refractivity contribution in [1.29, 1.82) is 0 Å². The Morgan fingerprint density at radius 3 is 2.49 bits per heavy atom. The molecule has 0 atom stereocenters. The first-order chi connectivity index (χ1) is 17.0. The number of rotatable bonds is 7. The molecule has 0 saturated heterocycles. The van der Waals surface area contributed by atoms with Crippen molar-refractivity contribution in [3.05, 3.63) is 99.7 Å². The predicted octanol–water partition coefficient (Wildman–Crippen LogP) is 4.09. The summed E-state index contributed by atoms with van der Waals surface area (Å²) in [4.78, 5) is 30.3. The molecule has 5 rings (SSSR count). The summed E-state index contributed by atoms with van der Waals surface area (Å²) in [5.74, 6) is -0.493. The number of fused-ring (bicyclic) bond motifs is 1. The zero-order chi connectivity index (χ0) is 24.4. The first-order valence-electron chi connectivity index (χ1n) is 11.1. The Hall–Kier alpha value is -4.11. The van der Waals surface area contributed by atoms with Gasteiger partial charge in [-0.15, -0.1) is 11.3 Å². The van der Waals surface area contributed by atoms with Crippen molar-refractivity contribution in [3.8, 4) is 22.5 Å². The third-order valence-electron chi connectivity index (χ3n) is 5.62. The van der Waals surface area contributed by atoms with Gasteiger partial charge in [0.1, 0.15) is 5.82 Å². The van der Waals surface area contributed by atoms with E-state index in [1.165, 1.54) is 39.8 Å². The summed E-state index contributed by atoms with van der Waals surface area (Å²) in [6.07, 6.45) is 2.14. The van der Waals surface area contributed by atoms with Gasteiger partial charge >= 0.3 is 0 Å². The molecule has 3 aromatic heterocycles. The van der Waals surface area contributed by atoms with Crippen LogP contribution in [0.15, 0.2) is 77.0 Å². The van der Waals surface area contributed by atoms with Gasteiger partial charge in [-0.1, -0.05) is 29.8 Å². The summed E-state index contributed by atoms with van der Waals surface area (Å²) < 4.78 is 16.4. The van der Waals surface area contributed by atoms with Crippen LogP contribution in [-0.2, 0) is 17.8 Å². The number of carbonyl (C=O) groups is 1. The molecule has 0 spiro atoms. The summed E-state index contributed by atoms with van der Waals surface area (Å²) in [5, 5.41) is 9.13. The number of aryl methyl sites for hydroxylation is 1. The number of nitrogens with zero attached hydrogens (tertiary/aromatic N) is 4. The number of carbonyl (C=O) groups excluding carboxylic acids is 1. The van der Waals surface area contributed by atoms with E-state index in [0.717, 1.165) is 21.9 Å². The molecule has 3 heterocycles. The minimum atomic E-state index is -0.338. The molecule has 5 aromatic rings. The lowest BCUT2D eigenvalue weighted by molar-refractivity contribution is -0.120. The number of halogens is 1. The van der Waals surface area contributed by atoms with Crippen LogP contribution in [0, 0.1) is 12.7 Å². The summed E-state index contributed by atoms with van der Waals surface area (Å²) in [6, 6.07) is 17.1. The molecule has 0 saturated carbocycles. The third-order valence-corrected chi connectivity index (χ3v) is 6.51. The van der Waals surface area contributed by atoms with Crippen molar-refractivity contribution in [2.24, 2.45) is 0 Å². The lowest BCUT2D eigenvalue weighted by atomic mass is 10.1. The van der Waals surface area contributed by atoms with Crippen LogP contribution in [0.1, 0.15) is 11.3 Å². The highest BCUT2D eigenvalue weighted by atomic mass is 32.1. The van der Waals surface area contributed by atoms with E-state index in [4.69, 9.17) is 0 Å². The van der Waals surface area contributed by atoms with Crippen LogP contribution in [0.25, 0.3) is 27.5 Å². The molecule has 176 valence electrons. The van der Waals surface area contributed by atoms with Gasteiger partial charge in [0.05, 0.1) is 24.4 Å². The largest absolute Gasteiger partial charge is 0.354 e. The van der Waals surface area contributed by atoms with Crippen molar-refractivity contribution in [2.75, 3.05) is 6.54 Å². The second kappa shape index (κ2) is 9.63. The molecular weight excluding hydrogens is 465 g/mol. The molecule has 0 fully saturated rings. The highest BCUT2D eigenvalue weighted by molar-refractivity contribution is 7.15. The lowest BCUT2D eigenvalue weighted by Gasteiger charge is -2.08. The second-order valence-electron chi connectivity index (χ2n) is 8.19. The summed E-state index contributed by atoms with van der Waals surface area (Å²) in [5.41, 5.74) is 4.92. The van der Waals surface area contributed by atoms with Crippen molar-refractivity contribution < 1.29 is 9.18 Å². The molecule has 0 unspecified atom stereocenters. The zero-order valence-electron chi connectivity index (χ0n) is 18.9. The lowest BCUT2D eigenvalue weighted by Crippen LogP contribution is -2.32. The van der Waals surface area contributed by atoms with Gasteiger partial charge in [0.2, 0.25) is 5.91 Å². The van der Waals surface area contributed by atoms with Crippen molar-refractivity contribution in [1.82, 2.24) is 24.5 Å². The van der Waals surface area contributed by atoms with Crippen LogP contribution in [-0.4, -0.2) is 31.6 Å². The van der Waals surface area contributed by atoms with Crippen molar-refractivity contribution in [2.45, 2.75) is 19.9 Å². The minimum Gasteiger partial charge on any atom is -0.354 e.